The average Bonchev–Trinajstić information content (AvgIpc) is 2.92. The fraction of sp³-hybridized carbons (Fsp3) is 0.647. The van der Waals surface area contributed by atoms with Gasteiger partial charge in [0.2, 0.25) is 0 Å². The quantitative estimate of drug-likeness (QED) is 0.887. The summed E-state index contributed by atoms with van der Waals surface area (Å²) < 4.78 is 0. The Bertz CT molecular complexity index is 548. The number of fused-ring (bicyclic) bond motifs is 1. The van der Waals surface area contributed by atoms with E-state index >= 15 is 0 Å². The molecule has 1 saturated carbocycles. The molecule has 3 rings (SSSR count). The lowest BCUT2D eigenvalue weighted by Gasteiger charge is -2.34. The number of rotatable bonds is 4. The van der Waals surface area contributed by atoms with Crippen molar-refractivity contribution in [3.05, 3.63) is 22.9 Å². The van der Waals surface area contributed by atoms with Crippen LogP contribution in [0.3, 0.4) is 0 Å². The number of carbonyl (C=O) groups is 1. The fourth-order valence-corrected chi connectivity index (χ4v) is 3.65. The van der Waals surface area contributed by atoms with Crippen LogP contribution < -0.4 is 5.32 Å². The second-order valence-electron chi connectivity index (χ2n) is 6.87. The molecule has 0 aliphatic heterocycles. The van der Waals surface area contributed by atoms with Gasteiger partial charge in [0.15, 0.2) is 0 Å². The van der Waals surface area contributed by atoms with E-state index in [4.69, 9.17) is 0 Å². The van der Waals surface area contributed by atoms with Gasteiger partial charge in [-0.15, -0.1) is 0 Å². The number of pyridine rings is 1. The number of carboxylic acid groups (broad SMARTS) is 1. The Hall–Kier alpha value is -1.58. The monoisotopic (exact) mass is 288 g/mol. The summed E-state index contributed by atoms with van der Waals surface area (Å²) in [4.78, 5) is 16.1. The smallest absolute Gasteiger partial charge is 0.339 e. The van der Waals surface area contributed by atoms with Gasteiger partial charge >= 0.3 is 5.97 Å². The summed E-state index contributed by atoms with van der Waals surface area (Å²) in [6.07, 6.45) is 9.33. The molecule has 0 bridgehead atoms. The lowest BCUT2D eigenvalue weighted by atomic mass is 9.76. The molecule has 114 valence electrons. The van der Waals surface area contributed by atoms with E-state index in [2.05, 4.69) is 17.2 Å². The lowest BCUT2D eigenvalue weighted by molar-refractivity contribution is 0.0697. The first-order valence-corrected chi connectivity index (χ1v) is 8.07. The number of anilines is 1. The first-order valence-electron chi connectivity index (χ1n) is 8.07. The summed E-state index contributed by atoms with van der Waals surface area (Å²) in [5.74, 6) is -0.316. The maximum atomic E-state index is 11.5. The van der Waals surface area contributed by atoms with Gasteiger partial charge in [-0.3, -0.25) is 0 Å². The van der Waals surface area contributed by atoms with Crippen LogP contribution in [-0.2, 0) is 12.8 Å². The summed E-state index contributed by atoms with van der Waals surface area (Å²) in [5, 5.41) is 12.8. The van der Waals surface area contributed by atoms with Crippen molar-refractivity contribution in [1.29, 1.82) is 0 Å². The zero-order chi connectivity index (χ0) is 14.9. The second-order valence-corrected chi connectivity index (χ2v) is 6.87. The van der Waals surface area contributed by atoms with Crippen molar-refractivity contribution in [3.8, 4) is 0 Å². The molecule has 2 N–H and O–H groups in total. The zero-order valence-electron chi connectivity index (χ0n) is 12.7. The molecule has 0 atom stereocenters. The van der Waals surface area contributed by atoms with Gasteiger partial charge in [-0.2, -0.15) is 0 Å². The molecule has 0 saturated heterocycles. The maximum Gasteiger partial charge on any atom is 0.339 e. The van der Waals surface area contributed by atoms with E-state index in [1.54, 1.807) is 0 Å². The molecule has 0 amide bonds. The Morgan fingerprint density at radius 1 is 1.29 bits per heavy atom. The van der Waals surface area contributed by atoms with E-state index in [-0.39, 0.29) is 5.41 Å². The van der Waals surface area contributed by atoms with Gasteiger partial charge in [0.05, 0.1) is 0 Å². The van der Waals surface area contributed by atoms with E-state index in [1.807, 2.05) is 6.07 Å². The first-order chi connectivity index (χ1) is 10.1. The van der Waals surface area contributed by atoms with E-state index in [0.717, 1.165) is 37.1 Å². The van der Waals surface area contributed by atoms with Crippen LogP contribution in [0.1, 0.15) is 67.1 Å². The number of nitrogens with one attached hydrogen (secondary N) is 1. The molecule has 21 heavy (non-hydrogen) atoms. The minimum Gasteiger partial charge on any atom is -0.478 e. The number of aromatic carboxylic acids is 1. The number of hydrogen-bond donors (Lipinski definition) is 2. The van der Waals surface area contributed by atoms with E-state index in [0.29, 0.717) is 11.4 Å². The van der Waals surface area contributed by atoms with Crippen LogP contribution in [-0.4, -0.2) is 22.6 Å². The molecule has 1 heterocycles. The van der Waals surface area contributed by atoms with Crippen molar-refractivity contribution < 1.29 is 9.90 Å². The third kappa shape index (κ3) is 3.04. The molecule has 1 aromatic heterocycles. The average molecular weight is 288 g/mol. The van der Waals surface area contributed by atoms with Crippen molar-refractivity contribution in [1.82, 2.24) is 4.98 Å². The molecule has 4 nitrogen and oxygen atoms in total. The number of carboxylic acids is 1. The number of nitrogens with zero attached hydrogens (tertiary/aromatic N) is 1. The Labute approximate surface area is 126 Å². The Morgan fingerprint density at radius 2 is 2.05 bits per heavy atom. The standard InChI is InChI=1S/C17H24N2O2/c1-17(8-3-2-4-9-17)11-18-15-13(16(20)21)10-12-6-5-7-14(12)19-15/h10H,2-9,11H2,1H3,(H,18,19)(H,20,21). The molecule has 0 unspecified atom stereocenters. The number of aryl methyl sites for hydroxylation is 2. The van der Waals surface area contributed by atoms with Gasteiger partial charge in [-0.1, -0.05) is 26.2 Å². The van der Waals surface area contributed by atoms with Crippen LogP contribution in [0.4, 0.5) is 5.82 Å². The minimum absolute atomic E-state index is 0.273. The van der Waals surface area contributed by atoms with Crippen molar-refractivity contribution in [2.45, 2.75) is 58.3 Å². The van der Waals surface area contributed by atoms with Crippen LogP contribution >= 0.6 is 0 Å². The topological polar surface area (TPSA) is 62.2 Å². The summed E-state index contributed by atoms with van der Waals surface area (Å²) in [6, 6.07) is 1.82. The zero-order valence-corrected chi connectivity index (χ0v) is 12.7. The Morgan fingerprint density at radius 3 is 2.76 bits per heavy atom. The molecule has 2 aliphatic rings. The highest BCUT2D eigenvalue weighted by Gasteiger charge is 2.28. The fourth-order valence-electron chi connectivity index (χ4n) is 3.65. The molecule has 0 spiro atoms. The van der Waals surface area contributed by atoms with Gasteiger partial charge < -0.3 is 10.4 Å². The second kappa shape index (κ2) is 5.66. The summed E-state index contributed by atoms with van der Waals surface area (Å²) in [5.41, 5.74) is 2.79. The molecule has 0 radical (unpaired) electrons. The minimum atomic E-state index is -0.881. The normalized spacial score (nSPS) is 20.0. The highest BCUT2D eigenvalue weighted by molar-refractivity contribution is 5.93. The van der Waals surface area contributed by atoms with Crippen LogP contribution in [0, 0.1) is 5.41 Å². The van der Waals surface area contributed by atoms with Crippen molar-refractivity contribution >= 4 is 11.8 Å². The molecule has 2 aliphatic carbocycles. The van der Waals surface area contributed by atoms with Gasteiger partial charge in [0.1, 0.15) is 11.4 Å². The Kier molecular flexibility index (Phi) is 3.87. The largest absolute Gasteiger partial charge is 0.478 e. The molecule has 4 heteroatoms. The van der Waals surface area contributed by atoms with E-state index in [1.165, 1.54) is 32.1 Å². The first kappa shape index (κ1) is 14.4. The van der Waals surface area contributed by atoms with Crippen molar-refractivity contribution in [3.63, 3.8) is 0 Å². The van der Waals surface area contributed by atoms with Crippen LogP contribution in [0.5, 0.6) is 0 Å². The molecule has 1 fully saturated rings. The Balaban J connectivity index is 1.79. The summed E-state index contributed by atoms with van der Waals surface area (Å²) in [6.45, 7) is 3.12. The molecular formula is C17H24N2O2. The molecule has 1 aromatic rings. The van der Waals surface area contributed by atoms with Gasteiger partial charge in [-0.05, 0) is 49.1 Å². The third-order valence-electron chi connectivity index (χ3n) is 5.02. The number of aromatic nitrogens is 1. The van der Waals surface area contributed by atoms with Crippen LogP contribution in [0.2, 0.25) is 0 Å². The van der Waals surface area contributed by atoms with Crippen LogP contribution in [0.15, 0.2) is 6.07 Å². The van der Waals surface area contributed by atoms with E-state index < -0.39 is 5.97 Å². The lowest BCUT2D eigenvalue weighted by Crippen LogP contribution is -2.29. The summed E-state index contributed by atoms with van der Waals surface area (Å²) in [7, 11) is 0. The summed E-state index contributed by atoms with van der Waals surface area (Å²) >= 11 is 0. The van der Waals surface area contributed by atoms with E-state index in [9.17, 15) is 9.90 Å². The SMILES string of the molecule is CC1(CNc2nc3c(cc2C(=O)O)CCC3)CCCCC1. The molecular weight excluding hydrogens is 264 g/mol. The predicted octanol–water partition coefficient (Wildman–Crippen LogP) is 3.65. The van der Waals surface area contributed by atoms with Crippen molar-refractivity contribution in [2.24, 2.45) is 5.41 Å². The third-order valence-corrected chi connectivity index (χ3v) is 5.02. The number of hydrogen-bond acceptors (Lipinski definition) is 3. The predicted molar refractivity (Wildman–Crippen MR) is 82.9 cm³/mol. The van der Waals surface area contributed by atoms with Gasteiger partial charge in [-0.25, -0.2) is 9.78 Å². The van der Waals surface area contributed by atoms with Crippen molar-refractivity contribution in [2.75, 3.05) is 11.9 Å². The van der Waals surface area contributed by atoms with Gasteiger partial charge in [0.25, 0.3) is 0 Å². The highest BCUT2D eigenvalue weighted by Crippen LogP contribution is 2.36. The van der Waals surface area contributed by atoms with Crippen LogP contribution in [0.25, 0.3) is 0 Å². The molecule has 0 aromatic carbocycles. The van der Waals surface area contributed by atoms with Gasteiger partial charge in [0, 0.05) is 12.2 Å². The highest BCUT2D eigenvalue weighted by atomic mass is 16.4. The maximum absolute atomic E-state index is 11.5.